The molecule has 0 radical (unpaired) electrons. The van der Waals surface area contributed by atoms with Gasteiger partial charge in [-0.3, -0.25) is 0 Å². The fraction of sp³-hybridized carbons (Fsp3) is 0.214. The molecule has 0 saturated carbocycles. The number of anilines is 1. The van der Waals surface area contributed by atoms with Gasteiger partial charge >= 0.3 is 5.97 Å². The molecular formula is C14H14FNO3. The minimum atomic E-state index is -1.01. The van der Waals surface area contributed by atoms with Gasteiger partial charge in [0.25, 0.3) is 0 Å². The van der Waals surface area contributed by atoms with Crippen LogP contribution in [0, 0.1) is 19.7 Å². The van der Waals surface area contributed by atoms with E-state index >= 15 is 0 Å². The van der Waals surface area contributed by atoms with Crippen molar-refractivity contribution < 1.29 is 18.7 Å². The Morgan fingerprint density at radius 2 is 2.11 bits per heavy atom. The largest absolute Gasteiger partial charge is 0.478 e. The Morgan fingerprint density at radius 3 is 2.68 bits per heavy atom. The number of carbonyl (C=O) groups is 1. The number of aromatic carboxylic acids is 1. The average Bonchev–Trinajstić information content (AvgIpc) is 2.69. The molecule has 2 rings (SSSR count). The van der Waals surface area contributed by atoms with Gasteiger partial charge in [-0.2, -0.15) is 0 Å². The zero-order valence-electron chi connectivity index (χ0n) is 10.7. The molecule has 1 aromatic carbocycles. The van der Waals surface area contributed by atoms with Crippen LogP contribution in [0.4, 0.5) is 10.1 Å². The van der Waals surface area contributed by atoms with Crippen LogP contribution in [0.15, 0.2) is 28.7 Å². The Bertz CT molecular complexity index is 619. The van der Waals surface area contributed by atoms with E-state index in [0.29, 0.717) is 18.1 Å². The van der Waals surface area contributed by atoms with Gasteiger partial charge in [-0.25, -0.2) is 9.18 Å². The van der Waals surface area contributed by atoms with Crippen molar-refractivity contribution in [2.45, 2.75) is 20.4 Å². The number of hydrogen-bond acceptors (Lipinski definition) is 3. The number of benzene rings is 1. The summed E-state index contributed by atoms with van der Waals surface area (Å²) in [6, 6.07) is 5.92. The van der Waals surface area contributed by atoms with Gasteiger partial charge in [-0.1, -0.05) is 0 Å². The van der Waals surface area contributed by atoms with Crippen LogP contribution in [0.5, 0.6) is 0 Å². The lowest BCUT2D eigenvalue weighted by molar-refractivity contribution is 0.0695. The van der Waals surface area contributed by atoms with E-state index in [1.165, 1.54) is 18.2 Å². The second-order valence-corrected chi connectivity index (χ2v) is 4.30. The molecule has 0 aliphatic heterocycles. The van der Waals surface area contributed by atoms with E-state index in [2.05, 4.69) is 5.32 Å². The molecule has 0 bridgehead atoms. The van der Waals surface area contributed by atoms with Gasteiger partial charge in [0, 0.05) is 5.69 Å². The summed E-state index contributed by atoms with van der Waals surface area (Å²) in [6.45, 7) is 3.75. The molecule has 19 heavy (non-hydrogen) atoms. The lowest BCUT2D eigenvalue weighted by atomic mass is 10.2. The summed E-state index contributed by atoms with van der Waals surface area (Å²) in [5.41, 5.74) is 1.72. The molecule has 1 aromatic heterocycles. The molecule has 100 valence electrons. The smallest absolute Gasteiger partial charge is 0.339 e. The van der Waals surface area contributed by atoms with Gasteiger partial charge in [-0.15, -0.1) is 0 Å². The molecule has 0 aliphatic rings. The molecule has 0 atom stereocenters. The summed E-state index contributed by atoms with van der Waals surface area (Å²) in [5, 5.41) is 12.0. The van der Waals surface area contributed by atoms with Gasteiger partial charge in [0.2, 0.25) is 0 Å². The molecular weight excluding hydrogens is 249 g/mol. The Labute approximate surface area is 109 Å². The Kier molecular flexibility index (Phi) is 3.55. The number of rotatable bonds is 4. The van der Waals surface area contributed by atoms with E-state index in [4.69, 9.17) is 9.52 Å². The molecule has 1 heterocycles. The Morgan fingerprint density at radius 1 is 1.37 bits per heavy atom. The summed E-state index contributed by atoms with van der Waals surface area (Å²) < 4.78 is 18.3. The van der Waals surface area contributed by atoms with Crippen molar-refractivity contribution >= 4 is 11.7 Å². The molecule has 2 N–H and O–H groups in total. The standard InChI is InChI=1S/C14H14FNO3/c1-8-5-10(15)3-4-13(8)16-7-11-6-12(14(17)18)9(2)19-11/h3-6,16H,7H2,1-2H3,(H,17,18). The maximum Gasteiger partial charge on any atom is 0.339 e. The molecule has 0 saturated heterocycles. The fourth-order valence-electron chi connectivity index (χ4n) is 1.85. The quantitative estimate of drug-likeness (QED) is 0.888. The number of carboxylic acid groups (broad SMARTS) is 1. The molecule has 0 spiro atoms. The van der Waals surface area contributed by atoms with Crippen molar-refractivity contribution in [2.24, 2.45) is 0 Å². The van der Waals surface area contributed by atoms with Crippen molar-refractivity contribution in [3.05, 3.63) is 52.7 Å². The van der Waals surface area contributed by atoms with Gasteiger partial charge in [0.15, 0.2) is 0 Å². The Balaban J connectivity index is 2.10. The van der Waals surface area contributed by atoms with E-state index in [1.54, 1.807) is 19.9 Å². The lowest BCUT2D eigenvalue weighted by Crippen LogP contribution is -2.00. The van der Waals surface area contributed by atoms with Crippen molar-refractivity contribution in [3.63, 3.8) is 0 Å². The first-order valence-corrected chi connectivity index (χ1v) is 5.80. The van der Waals surface area contributed by atoms with Crippen LogP contribution in [0.3, 0.4) is 0 Å². The monoisotopic (exact) mass is 263 g/mol. The van der Waals surface area contributed by atoms with E-state index < -0.39 is 5.97 Å². The predicted octanol–water partition coefficient (Wildman–Crippen LogP) is 3.35. The van der Waals surface area contributed by atoms with Crippen molar-refractivity contribution in [1.29, 1.82) is 0 Å². The maximum atomic E-state index is 12.9. The van der Waals surface area contributed by atoms with Crippen LogP contribution < -0.4 is 5.32 Å². The number of carboxylic acids is 1. The number of furan rings is 1. The SMILES string of the molecule is Cc1cc(F)ccc1NCc1cc(C(=O)O)c(C)o1. The number of halogens is 1. The summed E-state index contributed by atoms with van der Waals surface area (Å²) in [5.74, 6) is -0.394. The van der Waals surface area contributed by atoms with E-state index in [0.717, 1.165) is 11.3 Å². The highest BCUT2D eigenvalue weighted by molar-refractivity contribution is 5.88. The first-order valence-electron chi connectivity index (χ1n) is 5.80. The maximum absolute atomic E-state index is 12.9. The van der Waals surface area contributed by atoms with Crippen molar-refractivity contribution in [2.75, 3.05) is 5.32 Å². The molecule has 2 aromatic rings. The van der Waals surface area contributed by atoms with Crippen molar-refractivity contribution in [3.8, 4) is 0 Å². The minimum Gasteiger partial charge on any atom is -0.478 e. The van der Waals surface area contributed by atoms with Crippen LogP contribution in [-0.4, -0.2) is 11.1 Å². The second-order valence-electron chi connectivity index (χ2n) is 4.30. The number of nitrogens with one attached hydrogen (secondary N) is 1. The first kappa shape index (κ1) is 13.1. The molecule has 0 aliphatic carbocycles. The van der Waals surface area contributed by atoms with Gasteiger partial charge in [0.1, 0.15) is 22.9 Å². The summed E-state index contributed by atoms with van der Waals surface area (Å²) in [6.07, 6.45) is 0. The third-order valence-corrected chi connectivity index (χ3v) is 2.84. The highest BCUT2D eigenvalue weighted by atomic mass is 19.1. The van der Waals surface area contributed by atoms with Crippen LogP contribution in [0.25, 0.3) is 0 Å². The van der Waals surface area contributed by atoms with Crippen LogP contribution >= 0.6 is 0 Å². The first-order chi connectivity index (χ1) is 8.97. The number of aryl methyl sites for hydroxylation is 2. The highest BCUT2D eigenvalue weighted by Crippen LogP contribution is 2.19. The second kappa shape index (κ2) is 5.14. The third-order valence-electron chi connectivity index (χ3n) is 2.84. The topological polar surface area (TPSA) is 62.5 Å². The predicted molar refractivity (Wildman–Crippen MR) is 68.9 cm³/mol. The molecule has 0 amide bonds. The molecule has 0 fully saturated rings. The van der Waals surface area contributed by atoms with E-state index in [9.17, 15) is 9.18 Å². The van der Waals surface area contributed by atoms with Crippen LogP contribution in [0.1, 0.15) is 27.4 Å². The third kappa shape index (κ3) is 2.93. The molecule has 0 unspecified atom stereocenters. The molecule has 5 heteroatoms. The van der Waals surface area contributed by atoms with E-state index in [1.807, 2.05) is 0 Å². The zero-order chi connectivity index (χ0) is 14.0. The van der Waals surface area contributed by atoms with Crippen LogP contribution in [0.2, 0.25) is 0 Å². The summed E-state index contributed by atoms with van der Waals surface area (Å²) in [7, 11) is 0. The fourth-order valence-corrected chi connectivity index (χ4v) is 1.85. The summed E-state index contributed by atoms with van der Waals surface area (Å²) >= 11 is 0. The van der Waals surface area contributed by atoms with Crippen molar-refractivity contribution in [1.82, 2.24) is 0 Å². The highest BCUT2D eigenvalue weighted by Gasteiger charge is 2.13. The Hall–Kier alpha value is -2.30. The number of hydrogen-bond donors (Lipinski definition) is 2. The van der Waals surface area contributed by atoms with Gasteiger partial charge < -0.3 is 14.8 Å². The van der Waals surface area contributed by atoms with Crippen LogP contribution in [-0.2, 0) is 6.54 Å². The zero-order valence-corrected chi connectivity index (χ0v) is 10.7. The van der Waals surface area contributed by atoms with Gasteiger partial charge in [0.05, 0.1) is 6.54 Å². The average molecular weight is 263 g/mol. The van der Waals surface area contributed by atoms with E-state index in [-0.39, 0.29) is 11.4 Å². The van der Waals surface area contributed by atoms with Gasteiger partial charge in [-0.05, 0) is 43.7 Å². The molecule has 4 nitrogen and oxygen atoms in total. The minimum absolute atomic E-state index is 0.160. The lowest BCUT2D eigenvalue weighted by Gasteiger charge is -2.07. The summed E-state index contributed by atoms with van der Waals surface area (Å²) in [4.78, 5) is 10.9. The normalized spacial score (nSPS) is 10.5.